The molecule has 12 nitrogen and oxygen atoms in total. The number of hydrogen-bond acceptors (Lipinski definition) is 8. The topological polar surface area (TPSA) is 151 Å². The van der Waals surface area contributed by atoms with Gasteiger partial charge in [-0.05, 0) is 31.4 Å². The summed E-state index contributed by atoms with van der Waals surface area (Å²) in [5.41, 5.74) is -0.768. The predicted octanol–water partition coefficient (Wildman–Crippen LogP) is 2.02. The van der Waals surface area contributed by atoms with E-state index in [1.54, 1.807) is 29.2 Å². The molecule has 13 heteroatoms. The van der Waals surface area contributed by atoms with Gasteiger partial charge < -0.3 is 15.1 Å². The summed E-state index contributed by atoms with van der Waals surface area (Å²) in [5.74, 6) is -1.06. The number of amides is 2. The van der Waals surface area contributed by atoms with E-state index in [9.17, 15) is 29.8 Å². The van der Waals surface area contributed by atoms with Gasteiger partial charge in [0.05, 0.1) is 32.7 Å². The maximum absolute atomic E-state index is 13.0. The first kappa shape index (κ1) is 23.7. The number of rotatable bonds is 5. The van der Waals surface area contributed by atoms with Crippen molar-refractivity contribution in [3.05, 3.63) is 73.8 Å². The summed E-state index contributed by atoms with van der Waals surface area (Å²) in [7, 11) is 1.98. The molecule has 1 aliphatic heterocycles. The first-order valence-electron chi connectivity index (χ1n) is 9.79. The Balaban J connectivity index is 1.74. The molecule has 0 radical (unpaired) electrons. The standard InChI is InChI=1S/C20H20N6O6S/c1-23-6-8-24(9-7-23)19(28)16-4-2-3-5-17(16)21-20(33)22-18(27)13-10-14(25(29)30)12-15(11-13)26(31)32/h2-5,10-12H,6-9H2,1H3,(H2,21,22,27,33). The molecule has 0 aliphatic carbocycles. The van der Waals surface area contributed by atoms with E-state index >= 15 is 0 Å². The highest BCUT2D eigenvalue weighted by atomic mass is 32.1. The molecule has 1 fully saturated rings. The summed E-state index contributed by atoms with van der Waals surface area (Å²) < 4.78 is 0. The molecule has 33 heavy (non-hydrogen) atoms. The Bertz CT molecular complexity index is 1100. The number of likely N-dealkylation sites (N-methyl/N-ethyl adjacent to an activating group) is 1. The van der Waals surface area contributed by atoms with Crippen molar-refractivity contribution in [2.45, 2.75) is 0 Å². The number of nitrogens with zero attached hydrogens (tertiary/aromatic N) is 4. The van der Waals surface area contributed by atoms with E-state index in [0.29, 0.717) is 24.3 Å². The Kier molecular flexibility index (Phi) is 7.25. The molecule has 2 N–H and O–H groups in total. The number of piperazine rings is 1. The quantitative estimate of drug-likeness (QED) is 0.378. The average molecular weight is 472 g/mol. The van der Waals surface area contributed by atoms with Crippen molar-refractivity contribution in [1.82, 2.24) is 15.1 Å². The lowest BCUT2D eigenvalue weighted by Crippen LogP contribution is -2.47. The number of carbonyl (C=O) groups is 2. The summed E-state index contributed by atoms with van der Waals surface area (Å²) in [6.45, 7) is 2.67. The smallest absolute Gasteiger partial charge is 0.277 e. The molecule has 172 valence electrons. The first-order valence-corrected chi connectivity index (χ1v) is 10.2. The van der Waals surface area contributed by atoms with Crippen molar-refractivity contribution >= 4 is 46.2 Å². The minimum absolute atomic E-state index is 0.173. The van der Waals surface area contributed by atoms with Crippen LogP contribution in [0.15, 0.2) is 42.5 Å². The van der Waals surface area contributed by atoms with E-state index in [2.05, 4.69) is 15.5 Å². The van der Waals surface area contributed by atoms with Gasteiger partial charge in [0.25, 0.3) is 23.2 Å². The normalized spacial score (nSPS) is 13.8. The van der Waals surface area contributed by atoms with Crippen LogP contribution in [0.1, 0.15) is 20.7 Å². The van der Waals surface area contributed by atoms with Crippen LogP contribution in [0.25, 0.3) is 0 Å². The van der Waals surface area contributed by atoms with E-state index in [-0.39, 0.29) is 16.6 Å². The van der Waals surface area contributed by atoms with Crippen molar-refractivity contribution in [2.75, 3.05) is 38.5 Å². The molecule has 0 bridgehead atoms. The molecule has 0 spiro atoms. The van der Waals surface area contributed by atoms with Crippen LogP contribution < -0.4 is 10.6 Å². The zero-order valence-electron chi connectivity index (χ0n) is 17.5. The Labute approximate surface area is 193 Å². The highest BCUT2D eigenvalue weighted by molar-refractivity contribution is 7.80. The Morgan fingerprint density at radius 2 is 1.55 bits per heavy atom. The van der Waals surface area contributed by atoms with Crippen molar-refractivity contribution in [3.63, 3.8) is 0 Å². The number of benzene rings is 2. The van der Waals surface area contributed by atoms with Crippen LogP contribution in [-0.4, -0.2) is 69.8 Å². The second kappa shape index (κ2) is 10.1. The van der Waals surface area contributed by atoms with Crippen LogP contribution in [0, 0.1) is 20.2 Å². The van der Waals surface area contributed by atoms with Crippen molar-refractivity contribution in [3.8, 4) is 0 Å². The second-order valence-corrected chi connectivity index (χ2v) is 7.71. The molecule has 0 saturated carbocycles. The first-order chi connectivity index (χ1) is 15.7. The summed E-state index contributed by atoms with van der Waals surface area (Å²) >= 11 is 5.16. The van der Waals surface area contributed by atoms with Crippen LogP contribution in [0.5, 0.6) is 0 Å². The van der Waals surface area contributed by atoms with Crippen LogP contribution in [0.3, 0.4) is 0 Å². The molecular formula is C20H20N6O6S. The van der Waals surface area contributed by atoms with Crippen LogP contribution in [-0.2, 0) is 0 Å². The van der Waals surface area contributed by atoms with Gasteiger partial charge in [0.15, 0.2) is 5.11 Å². The van der Waals surface area contributed by atoms with Gasteiger partial charge in [-0.3, -0.25) is 35.1 Å². The van der Waals surface area contributed by atoms with E-state index in [4.69, 9.17) is 12.2 Å². The number of thiocarbonyl (C=S) groups is 1. The number of anilines is 1. The summed E-state index contributed by atoms with van der Waals surface area (Å²) in [4.78, 5) is 49.8. The molecule has 3 rings (SSSR count). The van der Waals surface area contributed by atoms with Crippen LogP contribution in [0.2, 0.25) is 0 Å². The van der Waals surface area contributed by atoms with Gasteiger partial charge in [0, 0.05) is 38.3 Å². The van der Waals surface area contributed by atoms with Gasteiger partial charge in [0.2, 0.25) is 0 Å². The van der Waals surface area contributed by atoms with Crippen molar-refractivity contribution < 1.29 is 19.4 Å². The van der Waals surface area contributed by atoms with E-state index in [1.807, 2.05) is 7.05 Å². The third-order valence-corrected chi connectivity index (χ3v) is 5.21. The van der Waals surface area contributed by atoms with Gasteiger partial charge in [0.1, 0.15) is 0 Å². The minimum Gasteiger partial charge on any atom is -0.336 e. The van der Waals surface area contributed by atoms with Crippen molar-refractivity contribution in [2.24, 2.45) is 0 Å². The van der Waals surface area contributed by atoms with Gasteiger partial charge in [-0.15, -0.1) is 0 Å². The fourth-order valence-electron chi connectivity index (χ4n) is 3.22. The lowest BCUT2D eigenvalue weighted by molar-refractivity contribution is -0.394. The van der Waals surface area contributed by atoms with E-state index in [1.165, 1.54) is 0 Å². The molecule has 0 atom stereocenters. The molecule has 1 aliphatic rings. The maximum Gasteiger partial charge on any atom is 0.277 e. The second-order valence-electron chi connectivity index (χ2n) is 7.30. The Hall–Kier alpha value is -3.97. The van der Waals surface area contributed by atoms with Gasteiger partial charge in [-0.1, -0.05) is 12.1 Å². The Morgan fingerprint density at radius 3 is 2.12 bits per heavy atom. The summed E-state index contributed by atoms with van der Waals surface area (Å²) in [6, 6.07) is 9.24. The molecule has 1 heterocycles. The number of carbonyl (C=O) groups excluding carboxylic acids is 2. The van der Waals surface area contributed by atoms with Gasteiger partial charge in [-0.2, -0.15) is 0 Å². The third-order valence-electron chi connectivity index (χ3n) is 5.01. The number of nitro benzene ring substituents is 2. The SMILES string of the molecule is CN1CCN(C(=O)c2ccccc2NC(=S)NC(=O)c2cc([N+](=O)[O-])cc([N+](=O)[O-])c2)CC1. The number of nitrogens with one attached hydrogen (secondary N) is 2. The molecule has 2 aromatic carbocycles. The third kappa shape index (κ3) is 5.84. The van der Waals surface area contributed by atoms with Crippen molar-refractivity contribution in [1.29, 1.82) is 0 Å². The van der Waals surface area contributed by atoms with E-state index in [0.717, 1.165) is 31.3 Å². The van der Waals surface area contributed by atoms with Crippen LogP contribution in [0.4, 0.5) is 17.1 Å². The lowest BCUT2D eigenvalue weighted by Gasteiger charge is -2.32. The number of para-hydroxylation sites is 1. The van der Waals surface area contributed by atoms with Gasteiger partial charge >= 0.3 is 0 Å². The largest absolute Gasteiger partial charge is 0.336 e. The summed E-state index contributed by atoms with van der Waals surface area (Å²) in [6.07, 6.45) is 0. The minimum atomic E-state index is -0.873. The number of non-ortho nitro benzene ring substituents is 2. The number of nitro groups is 2. The highest BCUT2D eigenvalue weighted by Gasteiger charge is 2.23. The highest BCUT2D eigenvalue weighted by Crippen LogP contribution is 2.23. The fraction of sp³-hybridized carbons (Fsp3) is 0.250. The Morgan fingerprint density at radius 1 is 0.970 bits per heavy atom. The zero-order chi connectivity index (χ0) is 24.1. The zero-order valence-corrected chi connectivity index (χ0v) is 18.3. The average Bonchev–Trinajstić information content (AvgIpc) is 2.79. The molecule has 1 saturated heterocycles. The van der Waals surface area contributed by atoms with E-state index < -0.39 is 27.1 Å². The monoisotopic (exact) mass is 472 g/mol. The predicted molar refractivity (Wildman–Crippen MR) is 123 cm³/mol. The van der Waals surface area contributed by atoms with Gasteiger partial charge in [-0.25, -0.2) is 0 Å². The number of hydrogen-bond donors (Lipinski definition) is 2. The summed E-state index contributed by atoms with van der Waals surface area (Å²) in [5, 5.41) is 27.0. The molecular weight excluding hydrogens is 452 g/mol. The molecule has 0 unspecified atom stereocenters. The fourth-order valence-corrected chi connectivity index (χ4v) is 3.43. The maximum atomic E-state index is 13.0. The molecule has 0 aromatic heterocycles. The van der Waals surface area contributed by atoms with Crippen LogP contribution >= 0.6 is 12.2 Å². The molecule has 2 aromatic rings. The molecule has 2 amide bonds. The lowest BCUT2D eigenvalue weighted by atomic mass is 10.1.